The first kappa shape index (κ1) is 11.5. The molecule has 0 unspecified atom stereocenters. The van der Waals surface area contributed by atoms with Crippen molar-refractivity contribution in [1.29, 1.82) is 0 Å². The summed E-state index contributed by atoms with van der Waals surface area (Å²) >= 11 is 0. The Bertz CT molecular complexity index is 190. The van der Waals surface area contributed by atoms with Gasteiger partial charge in [0.05, 0.1) is 6.42 Å². The monoisotopic (exact) mass is 199 g/mol. The highest BCUT2D eigenvalue weighted by Gasteiger charge is 2.21. The number of carbonyl (C=O) groups excluding carboxylic acids is 1. The second-order valence-corrected chi connectivity index (χ2v) is 4.94. The van der Waals surface area contributed by atoms with E-state index in [1.807, 2.05) is 20.8 Å². The van der Waals surface area contributed by atoms with Gasteiger partial charge in [-0.3, -0.25) is 4.79 Å². The van der Waals surface area contributed by atoms with Crippen molar-refractivity contribution in [3.63, 3.8) is 0 Å². The van der Waals surface area contributed by atoms with E-state index in [1.54, 1.807) is 0 Å². The summed E-state index contributed by atoms with van der Waals surface area (Å²) in [4.78, 5) is 11.5. The minimum Gasteiger partial charge on any atom is -0.460 e. The maximum atomic E-state index is 11.5. The number of rotatable bonds is 2. The fourth-order valence-electron chi connectivity index (χ4n) is 1.68. The quantitative estimate of drug-likeness (QED) is 0.690. The lowest BCUT2D eigenvalue weighted by molar-refractivity contribution is -0.155. The Labute approximate surface area is 86.2 Å². The van der Waals surface area contributed by atoms with Crippen LogP contribution in [-0.2, 0) is 9.53 Å². The zero-order chi connectivity index (χ0) is 10.6. The van der Waals surface area contributed by atoms with Crippen molar-refractivity contribution < 1.29 is 9.53 Å². The molecule has 3 heteroatoms. The molecule has 0 bridgehead atoms. The lowest BCUT2D eigenvalue weighted by Crippen LogP contribution is -2.37. The number of esters is 1. The molecule has 1 N–H and O–H groups in total. The Morgan fingerprint density at radius 1 is 1.43 bits per heavy atom. The molecular weight excluding hydrogens is 178 g/mol. The molecule has 14 heavy (non-hydrogen) atoms. The van der Waals surface area contributed by atoms with Gasteiger partial charge in [-0.05, 0) is 40.2 Å². The van der Waals surface area contributed by atoms with Crippen LogP contribution in [0.4, 0.5) is 0 Å². The Hall–Kier alpha value is -0.570. The molecule has 3 nitrogen and oxygen atoms in total. The lowest BCUT2D eigenvalue weighted by Gasteiger charge is -2.25. The summed E-state index contributed by atoms with van der Waals surface area (Å²) in [5, 5.41) is 3.33. The normalized spacial score (nSPS) is 23.2. The minimum atomic E-state index is -0.355. The summed E-state index contributed by atoms with van der Waals surface area (Å²) in [6.45, 7) is 6.74. The standard InChI is InChI=1S/C11H21NO2/c1-11(2,3)14-10(13)8-9-6-4-5-7-12-9/h9,12H,4-8H2,1-3H3/t9-/m1/s1. The van der Waals surface area contributed by atoms with Crippen LogP contribution in [0, 0.1) is 0 Å². The van der Waals surface area contributed by atoms with E-state index in [1.165, 1.54) is 12.8 Å². The van der Waals surface area contributed by atoms with Gasteiger partial charge in [0.1, 0.15) is 5.60 Å². The molecular formula is C11H21NO2. The highest BCUT2D eigenvalue weighted by atomic mass is 16.6. The van der Waals surface area contributed by atoms with Crippen LogP contribution in [-0.4, -0.2) is 24.2 Å². The maximum absolute atomic E-state index is 11.5. The molecule has 1 saturated heterocycles. The fourth-order valence-corrected chi connectivity index (χ4v) is 1.68. The van der Waals surface area contributed by atoms with Crippen LogP contribution >= 0.6 is 0 Å². The van der Waals surface area contributed by atoms with Gasteiger partial charge in [0, 0.05) is 6.04 Å². The number of piperidine rings is 1. The molecule has 0 spiro atoms. The average molecular weight is 199 g/mol. The van der Waals surface area contributed by atoms with Crippen LogP contribution in [0.5, 0.6) is 0 Å². The van der Waals surface area contributed by atoms with Crippen LogP contribution in [0.3, 0.4) is 0 Å². The second kappa shape index (κ2) is 4.78. The van der Waals surface area contributed by atoms with E-state index in [2.05, 4.69) is 5.32 Å². The molecule has 0 aliphatic carbocycles. The molecule has 0 aromatic rings. The smallest absolute Gasteiger partial charge is 0.307 e. The zero-order valence-corrected chi connectivity index (χ0v) is 9.43. The van der Waals surface area contributed by atoms with E-state index in [4.69, 9.17) is 4.74 Å². The van der Waals surface area contributed by atoms with Crippen LogP contribution in [0.25, 0.3) is 0 Å². The summed E-state index contributed by atoms with van der Waals surface area (Å²) in [6.07, 6.45) is 4.06. The summed E-state index contributed by atoms with van der Waals surface area (Å²) < 4.78 is 5.26. The van der Waals surface area contributed by atoms with Gasteiger partial charge < -0.3 is 10.1 Å². The molecule has 0 aromatic heterocycles. The van der Waals surface area contributed by atoms with Gasteiger partial charge in [0.2, 0.25) is 0 Å². The van der Waals surface area contributed by atoms with Crippen molar-refractivity contribution in [1.82, 2.24) is 5.32 Å². The van der Waals surface area contributed by atoms with E-state index in [9.17, 15) is 4.79 Å². The van der Waals surface area contributed by atoms with Crippen LogP contribution in [0.15, 0.2) is 0 Å². The predicted octanol–water partition coefficient (Wildman–Crippen LogP) is 1.86. The molecule has 0 aromatic carbocycles. The highest BCUT2D eigenvalue weighted by Crippen LogP contribution is 2.13. The lowest BCUT2D eigenvalue weighted by atomic mass is 10.0. The van der Waals surface area contributed by atoms with Gasteiger partial charge in [-0.1, -0.05) is 6.42 Å². The molecule has 0 amide bonds. The first-order valence-electron chi connectivity index (χ1n) is 5.42. The third-order valence-corrected chi connectivity index (χ3v) is 2.25. The number of hydrogen-bond acceptors (Lipinski definition) is 3. The van der Waals surface area contributed by atoms with Crippen molar-refractivity contribution in [2.24, 2.45) is 0 Å². The van der Waals surface area contributed by atoms with Crippen LogP contribution in [0.2, 0.25) is 0 Å². The SMILES string of the molecule is CC(C)(C)OC(=O)C[C@H]1CCCCN1. The second-order valence-electron chi connectivity index (χ2n) is 4.94. The largest absolute Gasteiger partial charge is 0.460 e. The van der Waals surface area contributed by atoms with Gasteiger partial charge in [-0.15, -0.1) is 0 Å². The van der Waals surface area contributed by atoms with Gasteiger partial charge in [-0.25, -0.2) is 0 Å². The molecule has 82 valence electrons. The van der Waals surface area contributed by atoms with Gasteiger partial charge in [0.25, 0.3) is 0 Å². The summed E-state index contributed by atoms with van der Waals surface area (Å²) in [6, 6.07) is 0.332. The topological polar surface area (TPSA) is 38.3 Å². The third-order valence-electron chi connectivity index (χ3n) is 2.25. The Morgan fingerprint density at radius 3 is 2.64 bits per heavy atom. The van der Waals surface area contributed by atoms with E-state index in [0.717, 1.165) is 13.0 Å². The number of hydrogen-bond donors (Lipinski definition) is 1. The predicted molar refractivity (Wildman–Crippen MR) is 56.1 cm³/mol. The molecule has 1 aliphatic heterocycles. The first-order chi connectivity index (χ1) is 6.47. The Morgan fingerprint density at radius 2 is 2.14 bits per heavy atom. The number of nitrogens with one attached hydrogen (secondary N) is 1. The minimum absolute atomic E-state index is 0.0862. The Kier molecular flexibility index (Phi) is 3.93. The molecule has 1 aliphatic rings. The molecule has 0 radical (unpaired) electrons. The van der Waals surface area contributed by atoms with Gasteiger partial charge in [-0.2, -0.15) is 0 Å². The van der Waals surface area contributed by atoms with Gasteiger partial charge >= 0.3 is 5.97 Å². The highest BCUT2D eigenvalue weighted by molar-refractivity contribution is 5.70. The van der Waals surface area contributed by atoms with Gasteiger partial charge in [0.15, 0.2) is 0 Å². The van der Waals surface area contributed by atoms with Crippen LogP contribution in [0.1, 0.15) is 46.5 Å². The van der Waals surface area contributed by atoms with E-state index in [-0.39, 0.29) is 11.6 Å². The summed E-state index contributed by atoms with van der Waals surface area (Å²) in [5.74, 6) is -0.0862. The molecule has 1 rings (SSSR count). The van der Waals surface area contributed by atoms with Crippen LogP contribution < -0.4 is 5.32 Å². The molecule has 1 heterocycles. The van der Waals surface area contributed by atoms with E-state index < -0.39 is 0 Å². The Balaban J connectivity index is 2.25. The van der Waals surface area contributed by atoms with Crippen molar-refractivity contribution in [2.75, 3.05) is 6.54 Å². The van der Waals surface area contributed by atoms with Crippen molar-refractivity contribution in [2.45, 2.75) is 58.1 Å². The van der Waals surface area contributed by atoms with E-state index >= 15 is 0 Å². The molecule has 1 fully saturated rings. The van der Waals surface area contributed by atoms with E-state index in [0.29, 0.717) is 12.5 Å². The number of ether oxygens (including phenoxy) is 1. The summed E-state index contributed by atoms with van der Waals surface area (Å²) in [5.41, 5.74) is -0.355. The van der Waals surface area contributed by atoms with Crippen molar-refractivity contribution >= 4 is 5.97 Å². The molecule has 0 saturated carbocycles. The van der Waals surface area contributed by atoms with Crippen molar-refractivity contribution in [3.05, 3.63) is 0 Å². The summed E-state index contributed by atoms with van der Waals surface area (Å²) in [7, 11) is 0. The molecule has 1 atom stereocenters. The zero-order valence-electron chi connectivity index (χ0n) is 9.43. The number of carbonyl (C=O) groups is 1. The third kappa shape index (κ3) is 4.61. The first-order valence-corrected chi connectivity index (χ1v) is 5.42. The average Bonchev–Trinajstić information content (AvgIpc) is 2.02. The fraction of sp³-hybridized carbons (Fsp3) is 0.909. The van der Waals surface area contributed by atoms with Crippen molar-refractivity contribution in [3.8, 4) is 0 Å². The maximum Gasteiger partial charge on any atom is 0.307 e.